The molecule has 0 spiro atoms. The first-order valence-corrected chi connectivity index (χ1v) is 6.99. The molecule has 1 aromatic heterocycles. The first-order chi connectivity index (χ1) is 10.1. The predicted octanol–water partition coefficient (Wildman–Crippen LogP) is 3.68. The number of para-hydroxylation sites is 1. The Balaban J connectivity index is 2.13. The highest BCUT2D eigenvalue weighted by atomic mass is 79.9. The van der Waals surface area contributed by atoms with E-state index in [2.05, 4.69) is 21.0 Å². The van der Waals surface area contributed by atoms with Gasteiger partial charge in [0.2, 0.25) is 0 Å². The van der Waals surface area contributed by atoms with Gasteiger partial charge in [0, 0.05) is 5.39 Å². The fourth-order valence-electron chi connectivity index (χ4n) is 2.24. The molecule has 0 saturated heterocycles. The monoisotopic (exact) mass is 348 g/mol. The number of halogens is 2. The number of benzene rings is 2. The zero-order chi connectivity index (χ0) is 15.0. The van der Waals surface area contributed by atoms with E-state index in [1.165, 1.54) is 6.07 Å². The highest BCUT2D eigenvalue weighted by Crippen LogP contribution is 2.24. The molecule has 0 aliphatic heterocycles. The van der Waals surface area contributed by atoms with E-state index in [0.29, 0.717) is 20.9 Å². The van der Waals surface area contributed by atoms with Crippen LogP contribution in [0, 0.1) is 5.82 Å². The SMILES string of the molecule is O=C(O)c1nn(Cc2cccc(F)c2Br)c2ccccc12. The van der Waals surface area contributed by atoms with Crippen LogP contribution >= 0.6 is 15.9 Å². The molecule has 3 rings (SSSR count). The summed E-state index contributed by atoms with van der Waals surface area (Å²) in [5, 5.41) is 13.9. The van der Waals surface area contributed by atoms with Crippen molar-refractivity contribution in [2.24, 2.45) is 0 Å². The molecule has 0 bridgehead atoms. The molecule has 0 saturated carbocycles. The van der Waals surface area contributed by atoms with Crippen LogP contribution in [0.15, 0.2) is 46.9 Å². The van der Waals surface area contributed by atoms with E-state index in [0.717, 1.165) is 0 Å². The zero-order valence-electron chi connectivity index (χ0n) is 10.8. The second kappa shape index (κ2) is 5.29. The molecule has 0 unspecified atom stereocenters. The van der Waals surface area contributed by atoms with Crippen molar-refractivity contribution in [3.63, 3.8) is 0 Å². The van der Waals surface area contributed by atoms with Crippen molar-refractivity contribution in [3.8, 4) is 0 Å². The Morgan fingerprint density at radius 1 is 1.24 bits per heavy atom. The van der Waals surface area contributed by atoms with Crippen LogP contribution in [0.3, 0.4) is 0 Å². The van der Waals surface area contributed by atoms with E-state index in [4.69, 9.17) is 0 Å². The lowest BCUT2D eigenvalue weighted by atomic mass is 10.2. The summed E-state index contributed by atoms with van der Waals surface area (Å²) >= 11 is 3.21. The van der Waals surface area contributed by atoms with Crippen LogP contribution < -0.4 is 0 Å². The molecule has 1 N–H and O–H groups in total. The third-order valence-corrected chi connectivity index (χ3v) is 4.10. The van der Waals surface area contributed by atoms with Gasteiger partial charge in [0.15, 0.2) is 5.69 Å². The number of hydrogen-bond acceptors (Lipinski definition) is 2. The number of carbonyl (C=O) groups is 1. The number of fused-ring (bicyclic) bond motifs is 1. The molecule has 3 aromatic rings. The van der Waals surface area contributed by atoms with Crippen molar-refractivity contribution < 1.29 is 14.3 Å². The topological polar surface area (TPSA) is 55.1 Å². The summed E-state index contributed by atoms with van der Waals surface area (Å²) in [7, 11) is 0. The molecule has 1 heterocycles. The zero-order valence-corrected chi connectivity index (χ0v) is 12.3. The lowest BCUT2D eigenvalue weighted by Gasteiger charge is -2.06. The van der Waals surface area contributed by atoms with Crippen LogP contribution in [0.2, 0.25) is 0 Å². The number of nitrogens with zero attached hydrogens (tertiary/aromatic N) is 2. The molecular formula is C15H10BrFN2O2. The molecule has 6 heteroatoms. The van der Waals surface area contributed by atoms with Crippen molar-refractivity contribution in [1.29, 1.82) is 0 Å². The third kappa shape index (κ3) is 2.42. The highest BCUT2D eigenvalue weighted by Gasteiger charge is 2.16. The quantitative estimate of drug-likeness (QED) is 0.785. The molecule has 0 aliphatic carbocycles. The Kier molecular flexibility index (Phi) is 3.47. The number of carboxylic acid groups (broad SMARTS) is 1. The number of hydrogen-bond donors (Lipinski definition) is 1. The van der Waals surface area contributed by atoms with Gasteiger partial charge < -0.3 is 5.11 Å². The Hall–Kier alpha value is -2.21. The Labute approximate surface area is 127 Å². The molecule has 106 valence electrons. The molecule has 0 atom stereocenters. The molecular weight excluding hydrogens is 339 g/mol. The average Bonchev–Trinajstić information content (AvgIpc) is 2.83. The second-order valence-electron chi connectivity index (χ2n) is 4.54. The van der Waals surface area contributed by atoms with Gasteiger partial charge in [-0.15, -0.1) is 0 Å². The van der Waals surface area contributed by atoms with Crippen LogP contribution in [0.4, 0.5) is 4.39 Å². The van der Waals surface area contributed by atoms with Crippen molar-refractivity contribution in [1.82, 2.24) is 9.78 Å². The minimum absolute atomic E-state index is 0.00174. The van der Waals surface area contributed by atoms with Crippen LogP contribution in [-0.4, -0.2) is 20.9 Å². The lowest BCUT2D eigenvalue weighted by molar-refractivity contribution is 0.0691. The summed E-state index contributed by atoms with van der Waals surface area (Å²) in [5.41, 5.74) is 1.39. The Morgan fingerprint density at radius 3 is 2.76 bits per heavy atom. The molecule has 0 radical (unpaired) electrons. The lowest BCUT2D eigenvalue weighted by Crippen LogP contribution is -2.05. The third-order valence-electron chi connectivity index (χ3n) is 3.21. The van der Waals surface area contributed by atoms with E-state index in [9.17, 15) is 14.3 Å². The van der Waals surface area contributed by atoms with Gasteiger partial charge >= 0.3 is 5.97 Å². The minimum atomic E-state index is -1.08. The first kappa shape index (κ1) is 13.8. The molecule has 0 aliphatic rings. The molecule has 21 heavy (non-hydrogen) atoms. The summed E-state index contributed by atoms with van der Waals surface area (Å²) in [4.78, 5) is 11.3. The van der Waals surface area contributed by atoms with Gasteiger partial charge in [-0.05, 0) is 33.6 Å². The Bertz CT molecular complexity index is 845. The molecule has 4 nitrogen and oxygen atoms in total. The normalized spacial score (nSPS) is 11.0. The fraction of sp³-hybridized carbons (Fsp3) is 0.0667. The van der Waals surface area contributed by atoms with E-state index in [1.807, 2.05) is 6.07 Å². The van der Waals surface area contributed by atoms with Crippen LogP contribution in [-0.2, 0) is 6.54 Å². The summed E-state index contributed by atoms with van der Waals surface area (Å²) in [5.74, 6) is -1.44. The second-order valence-corrected chi connectivity index (χ2v) is 5.33. The van der Waals surface area contributed by atoms with Crippen LogP contribution in [0.5, 0.6) is 0 Å². The molecule has 0 amide bonds. The van der Waals surface area contributed by atoms with E-state index >= 15 is 0 Å². The average molecular weight is 349 g/mol. The standard InChI is InChI=1S/C15H10BrFN2O2/c16-13-9(4-3-6-11(13)17)8-19-12-7-2-1-5-10(12)14(18-19)15(20)21/h1-7H,8H2,(H,20,21). The van der Waals surface area contributed by atoms with Gasteiger partial charge in [0.25, 0.3) is 0 Å². The van der Waals surface area contributed by atoms with Crippen molar-refractivity contribution >= 4 is 32.8 Å². The van der Waals surface area contributed by atoms with E-state index < -0.39 is 5.97 Å². The molecule has 2 aromatic carbocycles. The maximum Gasteiger partial charge on any atom is 0.357 e. The van der Waals surface area contributed by atoms with Gasteiger partial charge in [-0.2, -0.15) is 5.10 Å². The maximum atomic E-state index is 13.6. The number of aromatic carboxylic acids is 1. The number of aromatic nitrogens is 2. The van der Waals surface area contributed by atoms with Crippen molar-refractivity contribution in [2.75, 3.05) is 0 Å². The highest BCUT2D eigenvalue weighted by molar-refractivity contribution is 9.10. The number of rotatable bonds is 3. The van der Waals surface area contributed by atoms with Crippen LogP contribution in [0.25, 0.3) is 10.9 Å². The van der Waals surface area contributed by atoms with Crippen molar-refractivity contribution in [3.05, 3.63) is 64.0 Å². The summed E-state index contributed by atoms with van der Waals surface area (Å²) < 4.78 is 15.5. The fourth-order valence-corrected chi connectivity index (χ4v) is 2.63. The van der Waals surface area contributed by atoms with Gasteiger partial charge in [-0.3, -0.25) is 4.68 Å². The first-order valence-electron chi connectivity index (χ1n) is 6.19. The smallest absolute Gasteiger partial charge is 0.357 e. The minimum Gasteiger partial charge on any atom is -0.476 e. The summed E-state index contributed by atoms with van der Waals surface area (Å²) in [6, 6.07) is 11.8. The van der Waals surface area contributed by atoms with E-state index in [1.54, 1.807) is 35.0 Å². The van der Waals surface area contributed by atoms with E-state index in [-0.39, 0.29) is 18.1 Å². The molecule has 0 fully saturated rings. The summed E-state index contributed by atoms with van der Waals surface area (Å²) in [6.07, 6.45) is 0. The maximum absolute atomic E-state index is 13.6. The summed E-state index contributed by atoms with van der Waals surface area (Å²) in [6.45, 7) is 0.284. The van der Waals surface area contributed by atoms with Gasteiger partial charge in [0.1, 0.15) is 5.82 Å². The van der Waals surface area contributed by atoms with Gasteiger partial charge in [0.05, 0.1) is 16.5 Å². The predicted molar refractivity (Wildman–Crippen MR) is 79.9 cm³/mol. The van der Waals surface area contributed by atoms with Crippen LogP contribution in [0.1, 0.15) is 16.1 Å². The van der Waals surface area contributed by atoms with Gasteiger partial charge in [-0.25, -0.2) is 9.18 Å². The largest absolute Gasteiger partial charge is 0.476 e. The van der Waals surface area contributed by atoms with Gasteiger partial charge in [-0.1, -0.05) is 30.3 Å². The van der Waals surface area contributed by atoms with Crippen molar-refractivity contribution in [2.45, 2.75) is 6.54 Å². The number of carboxylic acids is 1. The Morgan fingerprint density at radius 2 is 2.00 bits per heavy atom.